The molecule has 0 amide bonds. The lowest BCUT2D eigenvalue weighted by Crippen LogP contribution is -2.31. The molecule has 0 bridgehead atoms. The summed E-state index contributed by atoms with van der Waals surface area (Å²) in [4.78, 5) is 2.56. The van der Waals surface area contributed by atoms with Gasteiger partial charge >= 0.3 is 0 Å². The van der Waals surface area contributed by atoms with Gasteiger partial charge in [0.15, 0.2) is 0 Å². The van der Waals surface area contributed by atoms with Crippen LogP contribution in [-0.2, 0) is 10.8 Å². The number of anilines is 3. The Bertz CT molecular complexity index is 2260. The van der Waals surface area contributed by atoms with Crippen molar-refractivity contribution in [1.29, 1.82) is 0 Å². The topological polar surface area (TPSA) is 3.24 Å². The van der Waals surface area contributed by atoms with Crippen molar-refractivity contribution in [2.45, 2.75) is 45.4 Å². The van der Waals surface area contributed by atoms with E-state index in [1.165, 1.54) is 88.3 Å². The number of nitrogens with zero attached hydrogens (tertiary/aromatic N) is 1. The van der Waals surface area contributed by atoms with Crippen LogP contribution >= 0.6 is 0 Å². The third kappa shape index (κ3) is 2.84. The highest BCUT2D eigenvalue weighted by Crippen LogP contribution is 2.58. The van der Waals surface area contributed by atoms with Gasteiger partial charge in [-0.1, -0.05) is 113 Å². The number of fused-ring (bicyclic) bond motifs is 5. The van der Waals surface area contributed by atoms with Crippen LogP contribution < -0.4 is 4.90 Å². The van der Waals surface area contributed by atoms with Crippen LogP contribution in [-0.4, -0.2) is 0 Å². The lowest BCUT2D eigenvalue weighted by molar-refractivity contribution is 0.627. The Morgan fingerprint density at radius 1 is 0.452 bits per heavy atom. The van der Waals surface area contributed by atoms with E-state index in [0.717, 1.165) is 0 Å². The lowest BCUT2D eigenvalue weighted by atomic mass is 9.71. The van der Waals surface area contributed by atoms with Crippen LogP contribution in [0.1, 0.15) is 55.5 Å². The van der Waals surface area contributed by atoms with Gasteiger partial charge in [-0.3, -0.25) is 0 Å². The Morgan fingerprint density at radius 3 is 1.88 bits per heavy atom. The third-order valence-electron chi connectivity index (χ3n) is 10.5. The monoisotopic (exact) mass is 539 g/mol. The molecule has 7 aromatic carbocycles. The molecule has 7 aromatic rings. The summed E-state index contributed by atoms with van der Waals surface area (Å²) < 4.78 is 0. The first kappa shape index (κ1) is 24.0. The maximum Gasteiger partial charge on any atom is 0.0540 e. The minimum atomic E-state index is -0.139. The highest BCUT2D eigenvalue weighted by molar-refractivity contribution is 6.26. The van der Waals surface area contributed by atoms with Gasteiger partial charge in [0.2, 0.25) is 0 Å². The number of aryl methyl sites for hydroxylation is 1. The van der Waals surface area contributed by atoms with E-state index >= 15 is 0 Å². The second-order valence-electron chi connectivity index (χ2n) is 13.5. The van der Waals surface area contributed by atoms with Crippen LogP contribution in [0.3, 0.4) is 0 Å². The van der Waals surface area contributed by atoms with Crippen LogP contribution in [0.2, 0.25) is 0 Å². The van der Waals surface area contributed by atoms with Crippen molar-refractivity contribution in [3.8, 4) is 11.1 Å². The summed E-state index contributed by atoms with van der Waals surface area (Å²) in [7, 11) is 0. The van der Waals surface area contributed by atoms with E-state index in [1.54, 1.807) is 0 Å². The Hall–Kier alpha value is -4.62. The van der Waals surface area contributed by atoms with Gasteiger partial charge in [-0.2, -0.15) is 0 Å². The smallest absolute Gasteiger partial charge is 0.0540 e. The fourth-order valence-electron chi connectivity index (χ4n) is 8.28. The van der Waals surface area contributed by atoms with Crippen molar-refractivity contribution in [2.75, 3.05) is 4.90 Å². The molecule has 0 saturated heterocycles. The molecule has 1 heterocycles. The minimum absolute atomic E-state index is 0.0616. The van der Waals surface area contributed by atoms with E-state index in [0.29, 0.717) is 0 Å². The summed E-state index contributed by atoms with van der Waals surface area (Å²) in [6.07, 6.45) is 0. The van der Waals surface area contributed by atoms with Gasteiger partial charge in [0, 0.05) is 16.2 Å². The average Bonchev–Trinajstić information content (AvgIpc) is 3.23. The van der Waals surface area contributed by atoms with Crippen LogP contribution in [0.15, 0.2) is 109 Å². The molecule has 1 nitrogen and oxygen atoms in total. The molecule has 1 aliphatic carbocycles. The van der Waals surface area contributed by atoms with Crippen molar-refractivity contribution in [2.24, 2.45) is 0 Å². The van der Waals surface area contributed by atoms with Gasteiger partial charge in [0.1, 0.15) is 0 Å². The molecule has 0 saturated carbocycles. The fourth-order valence-corrected chi connectivity index (χ4v) is 8.28. The maximum absolute atomic E-state index is 2.56. The third-order valence-corrected chi connectivity index (χ3v) is 10.5. The van der Waals surface area contributed by atoms with E-state index < -0.39 is 0 Å². The Balaban J connectivity index is 1.40. The van der Waals surface area contributed by atoms with Crippen LogP contribution in [0.4, 0.5) is 17.1 Å². The number of hydrogen-bond donors (Lipinski definition) is 0. The largest absolute Gasteiger partial charge is 0.309 e. The maximum atomic E-state index is 2.56. The first-order chi connectivity index (χ1) is 20.3. The SMILES string of the molecule is Cc1ccc2ccc3c(N4c5ccccc5C(C)(C)c5cc6c(cc54)C(C)(C)c4ccccc4-6)ccc4ccc1c2c43. The Morgan fingerprint density at radius 2 is 1.07 bits per heavy atom. The van der Waals surface area contributed by atoms with Crippen LogP contribution in [0.5, 0.6) is 0 Å². The number of benzene rings is 7. The summed E-state index contributed by atoms with van der Waals surface area (Å²) in [5, 5.41) is 8.00. The van der Waals surface area contributed by atoms with Gasteiger partial charge in [-0.15, -0.1) is 0 Å². The molecule has 202 valence electrons. The molecule has 0 radical (unpaired) electrons. The van der Waals surface area contributed by atoms with E-state index in [4.69, 9.17) is 0 Å². The summed E-state index contributed by atoms with van der Waals surface area (Å²) in [6, 6.07) is 41.5. The first-order valence-corrected chi connectivity index (χ1v) is 15.1. The van der Waals surface area contributed by atoms with Crippen molar-refractivity contribution in [3.63, 3.8) is 0 Å². The molecular formula is C41H33N. The van der Waals surface area contributed by atoms with Gasteiger partial charge in [0.05, 0.1) is 17.1 Å². The molecule has 2 aliphatic rings. The Kier molecular flexibility index (Phi) is 4.46. The molecule has 0 N–H and O–H groups in total. The van der Waals surface area contributed by atoms with E-state index in [-0.39, 0.29) is 10.8 Å². The zero-order valence-corrected chi connectivity index (χ0v) is 24.8. The quantitative estimate of drug-likeness (QED) is 0.188. The van der Waals surface area contributed by atoms with Crippen molar-refractivity contribution in [1.82, 2.24) is 0 Å². The van der Waals surface area contributed by atoms with E-state index in [9.17, 15) is 0 Å². The van der Waals surface area contributed by atoms with Gasteiger partial charge in [0.25, 0.3) is 0 Å². The molecule has 0 atom stereocenters. The van der Waals surface area contributed by atoms with E-state index in [1.807, 2.05) is 0 Å². The zero-order chi connectivity index (χ0) is 28.5. The molecule has 0 unspecified atom stereocenters. The van der Waals surface area contributed by atoms with Crippen LogP contribution in [0.25, 0.3) is 43.4 Å². The summed E-state index contributed by atoms with van der Waals surface area (Å²) >= 11 is 0. The summed E-state index contributed by atoms with van der Waals surface area (Å²) in [5.41, 5.74) is 13.3. The molecule has 0 fully saturated rings. The molecule has 0 aromatic heterocycles. The fraction of sp³-hybridized carbons (Fsp3) is 0.171. The second-order valence-corrected chi connectivity index (χ2v) is 13.5. The first-order valence-electron chi connectivity index (χ1n) is 15.1. The van der Waals surface area contributed by atoms with Crippen molar-refractivity contribution in [3.05, 3.63) is 137 Å². The number of para-hydroxylation sites is 1. The van der Waals surface area contributed by atoms with Crippen LogP contribution in [0, 0.1) is 6.92 Å². The number of rotatable bonds is 1. The highest BCUT2D eigenvalue weighted by Gasteiger charge is 2.42. The molecular weight excluding hydrogens is 506 g/mol. The molecule has 9 rings (SSSR count). The second kappa shape index (κ2) is 7.81. The molecule has 42 heavy (non-hydrogen) atoms. The van der Waals surface area contributed by atoms with E-state index in [2.05, 4.69) is 149 Å². The molecule has 1 heteroatoms. The summed E-state index contributed by atoms with van der Waals surface area (Å²) in [5.74, 6) is 0. The highest BCUT2D eigenvalue weighted by atomic mass is 15.2. The number of hydrogen-bond acceptors (Lipinski definition) is 1. The standard InChI is InChI=1S/C41H33N/c1-24-14-15-25-17-20-29-35(21-18-26-16-19-27(24)38(25)39(26)29)42-36-13-9-8-12-32(36)41(4,5)34-22-30-28-10-6-7-11-31(28)40(2,3)33(30)23-37(34)42/h6-23H,1-5H3. The lowest BCUT2D eigenvalue weighted by Gasteiger charge is -2.43. The summed E-state index contributed by atoms with van der Waals surface area (Å²) in [6.45, 7) is 11.8. The minimum Gasteiger partial charge on any atom is -0.309 e. The molecule has 0 spiro atoms. The average molecular weight is 540 g/mol. The normalized spacial score (nSPS) is 16.1. The predicted octanol–water partition coefficient (Wildman–Crippen LogP) is 11.3. The van der Waals surface area contributed by atoms with Crippen molar-refractivity contribution < 1.29 is 0 Å². The van der Waals surface area contributed by atoms with Gasteiger partial charge < -0.3 is 4.90 Å². The van der Waals surface area contributed by atoms with Crippen molar-refractivity contribution >= 4 is 49.4 Å². The Labute approximate surface area is 247 Å². The van der Waals surface area contributed by atoms with Gasteiger partial charge in [-0.25, -0.2) is 0 Å². The molecule has 1 aliphatic heterocycles. The van der Waals surface area contributed by atoms with Gasteiger partial charge in [-0.05, 0) is 97.1 Å². The predicted molar refractivity (Wildman–Crippen MR) is 179 cm³/mol. The zero-order valence-electron chi connectivity index (χ0n) is 24.8.